The molecule has 1 aliphatic heterocycles. The van der Waals surface area contributed by atoms with Crippen molar-refractivity contribution in [1.82, 2.24) is 0 Å². The van der Waals surface area contributed by atoms with Crippen molar-refractivity contribution in [1.29, 1.82) is 0 Å². The van der Waals surface area contributed by atoms with Gasteiger partial charge in [-0.1, -0.05) is 31.0 Å². The van der Waals surface area contributed by atoms with Crippen LogP contribution in [0.3, 0.4) is 0 Å². The Labute approximate surface area is 213 Å². The minimum Gasteiger partial charge on any atom is -0.490 e. The molecule has 3 rings (SSSR count). The second-order valence-electron chi connectivity index (χ2n) is 7.87. The molecule has 36 heavy (non-hydrogen) atoms. The number of carboxylic acid groups (broad SMARTS) is 1. The molecule has 1 aliphatic rings. The van der Waals surface area contributed by atoms with Crippen molar-refractivity contribution in [3.8, 4) is 11.5 Å². The molecule has 0 aliphatic carbocycles. The molecular formula is C26H27ClN2O7. The van der Waals surface area contributed by atoms with E-state index in [0.29, 0.717) is 41.3 Å². The van der Waals surface area contributed by atoms with E-state index in [1.165, 1.54) is 31.2 Å². The van der Waals surface area contributed by atoms with Crippen LogP contribution in [-0.2, 0) is 14.3 Å². The van der Waals surface area contributed by atoms with Crippen LogP contribution in [0.1, 0.15) is 49.5 Å². The summed E-state index contributed by atoms with van der Waals surface area (Å²) in [5.41, 5.74) is 1.89. The van der Waals surface area contributed by atoms with Crippen LogP contribution in [0.15, 0.2) is 47.1 Å². The molecule has 1 heterocycles. The van der Waals surface area contributed by atoms with Gasteiger partial charge in [-0.3, -0.25) is 4.79 Å². The number of aromatic carboxylic acids is 1. The number of amides is 1. The maximum absolute atomic E-state index is 13.3. The Morgan fingerprint density at radius 3 is 2.61 bits per heavy atom. The third-order valence-corrected chi connectivity index (χ3v) is 5.53. The Balaban J connectivity index is 2.01. The molecule has 2 aromatic rings. The molecule has 0 bridgehead atoms. The first-order chi connectivity index (χ1) is 17.2. The smallest absolute Gasteiger partial charge is 0.346 e. The maximum atomic E-state index is 13.3. The molecule has 0 radical (unpaired) electrons. The summed E-state index contributed by atoms with van der Waals surface area (Å²) in [4.78, 5) is 36.5. The van der Waals surface area contributed by atoms with Crippen LogP contribution in [0.4, 0.5) is 5.69 Å². The summed E-state index contributed by atoms with van der Waals surface area (Å²) < 4.78 is 16.1. The minimum absolute atomic E-state index is 0.0508. The van der Waals surface area contributed by atoms with E-state index in [0.717, 1.165) is 6.42 Å². The average molecular weight is 515 g/mol. The number of methoxy groups -OCH3 is 1. The number of halogens is 1. The summed E-state index contributed by atoms with van der Waals surface area (Å²) in [6.45, 7) is 5.61. The van der Waals surface area contributed by atoms with Gasteiger partial charge in [0.2, 0.25) is 0 Å². The van der Waals surface area contributed by atoms with Gasteiger partial charge in [0.25, 0.3) is 5.91 Å². The van der Waals surface area contributed by atoms with E-state index in [4.69, 9.17) is 25.8 Å². The van der Waals surface area contributed by atoms with E-state index in [9.17, 15) is 19.5 Å². The van der Waals surface area contributed by atoms with Gasteiger partial charge in [-0.15, -0.1) is 0 Å². The summed E-state index contributed by atoms with van der Waals surface area (Å²) in [5, 5.41) is 15.2. The van der Waals surface area contributed by atoms with Crippen LogP contribution in [0.2, 0.25) is 5.02 Å². The van der Waals surface area contributed by atoms with Gasteiger partial charge in [0.05, 0.1) is 41.3 Å². The lowest BCUT2D eigenvalue weighted by molar-refractivity contribution is -0.147. The van der Waals surface area contributed by atoms with Crippen LogP contribution in [0, 0.1) is 0 Å². The summed E-state index contributed by atoms with van der Waals surface area (Å²) in [7, 11) is 1.26. The van der Waals surface area contributed by atoms with Crippen LogP contribution in [0.25, 0.3) is 6.08 Å². The van der Waals surface area contributed by atoms with Crippen LogP contribution in [0.5, 0.6) is 11.5 Å². The third-order valence-electron chi connectivity index (χ3n) is 5.25. The van der Waals surface area contributed by atoms with Crippen LogP contribution in [-0.4, -0.2) is 48.5 Å². The Morgan fingerprint density at radius 2 is 1.97 bits per heavy atom. The molecule has 0 aromatic heterocycles. The van der Waals surface area contributed by atoms with Crippen LogP contribution < -0.4 is 14.5 Å². The Bertz CT molecular complexity index is 1240. The first-order valence-electron chi connectivity index (χ1n) is 11.4. The van der Waals surface area contributed by atoms with Crippen LogP contribution >= 0.6 is 11.6 Å². The van der Waals surface area contributed by atoms with Crippen molar-refractivity contribution in [2.45, 2.75) is 39.7 Å². The second kappa shape index (κ2) is 11.7. The number of benzene rings is 2. The number of hydrogen-bond donors (Lipinski definition) is 1. The quantitative estimate of drug-likeness (QED) is 0.352. The maximum Gasteiger partial charge on any atom is 0.346 e. The molecule has 190 valence electrons. The molecule has 1 amide bonds. The highest BCUT2D eigenvalue weighted by molar-refractivity contribution is 6.34. The zero-order valence-electron chi connectivity index (χ0n) is 20.4. The Morgan fingerprint density at radius 1 is 1.22 bits per heavy atom. The zero-order chi connectivity index (χ0) is 26.4. The number of carboxylic acids is 1. The van der Waals surface area contributed by atoms with Crippen molar-refractivity contribution in [3.63, 3.8) is 0 Å². The fourth-order valence-corrected chi connectivity index (χ4v) is 3.84. The minimum atomic E-state index is -1.10. The van der Waals surface area contributed by atoms with E-state index in [2.05, 4.69) is 5.10 Å². The normalized spacial score (nSPS) is 15.0. The molecule has 0 saturated heterocycles. The van der Waals surface area contributed by atoms with Gasteiger partial charge >= 0.3 is 11.9 Å². The van der Waals surface area contributed by atoms with Gasteiger partial charge in [-0.05, 0) is 62.2 Å². The number of carbonyl (C=O) groups is 3. The highest BCUT2D eigenvalue weighted by Crippen LogP contribution is 2.38. The van der Waals surface area contributed by atoms with Crippen molar-refractivity contribution in [2.75, 3.05) is 18.7 Å². The molecule has 0 unspecified atom stereocenters. The van der Waals surface area contributed by atoms with Crippen molar-refractivity contribution < 1.29 is 33.7 Å². The number of hydrazone groups is 1. The SMILES string of the molecule is CCCC1=NN(c2cccc(C(=O)O)c2)C(=O)/C1=C\c1cc(Cl)c(O[C@@H](C)C(=O)OC)c(OCC)c1. The molecule has 2 aromatic carbocycles. The molecule has 1 N–H and O–H groups in total. The van der Waals surface area contributed by atoms with Crippen molar-refractivity contribution >= 4 is 46.9 Å². The standard InChI is InChI=1S/C26H27ClN2O7/c1-5-8-21-19(24(30)29(28-21)18-10-7-9-17(14-18)25(31)32)11-16-12-20(27)23(22(13-16)35-6-2)36-15(3)26(33)34-4/h7,9-15H,5-6,8H2,1-4H3,(H,31,32)/b19-11-/t15-/m0/s1. The second-order valence-corrected chi connectivity index (χ2v) is 8.28. The summed E-state index contributed by atoms with van der Waals surface area (Å²) in [6, 6.07) is 9.29. The van der Waals surface area contributed by atoms with E-state index in [1.807, 2.05) is 6.92 Å². The average Bonchev–Trinajstić information content (AvgIpc) is 3.16. The molecule has 0 spiro atoms. The highest BCUT2D eigenvalue weighted by atomic mass is 35.5. The zero-order valence-corrected chi connectivity index (χ0v) is 21.2. The number of anilines is 1. The number of nitrogens with zero attached hydrogens (tertiary/aromatic N) is 2. The number of hydrogen-bond acceptors (Lipinski definition) is 7. The fraction of sp³-hybridized carbons (Fsp3) is 0.308. The fourth-order valence-electron chi connectivity index (χ4n) is 3.58. The van der Waals surface area contributed by atoms with Crippen molar-refractivity contribution in [3.05, 3.63) is 58.1 Å². The molecule has 0 fully saturated rings. The number of ether oxygens (including phenoxy) is 3. The third kappa shape index (κ3) is 5.85. The first kappa shape index (κ1) is 26.7. The first-order valence-corrected chi connectivity index (χ1v) is 11.8. The van der Waals surface area contributed by atoms with Gasteiger partial charge < -0.3 is 19.3 Å². The Kier molecular flexibility index (Phi) is 8.71. The lowest BCUT2D eigenvalue weighted by Crippen LogP contribution is -2.25. The topological polar surface area (TPSA) is 115 Å². The molecular weight excluding hydrogens is 488 g/mol. The molecule has 10 heteroatoms. The molecule has 1 atom stereocenters. The van der Waals surface area contributed by atoms with Gasteiger partial charge in [0.15, 0.2) is 17.6 Å². The number of esters is 1. The van der Waals surface area contributed by atoms with E-state index in [1.54, 1.807) is 37.3 Å². The number of carbonyl (C=O) groups excluding carboxylic acids is 2. The lowest BCUT2D eigenvalue weighted by Gasteiger charge is -2.18. The Hall–Kier alpha value is -3.85. The lowest BCUT2D eigenvalue weighted by atomic mass is 10.0. The predicted octanol–water partition coefficient (Wildman–Crippen LogP) is 4.96. The van der Waals surface area contributed by atoms with E-state index >= 15 is 0 Å². The summed E-state index contributed by atoms with van der Waals surface area (Å²) in [5.74, 6) is -1.57. The predicted molar refractivity (Wildman–Crippen MR) is 136 cm³/mol. The molecule has 0 saturated carbocycles. The summed E-state index contributed by atoms with van der Waals surface area (Å²) in [6.07, 6.45) is 2.03. The summed E-state index contributed by atoms with van der Waals surface area (Å²) >= 11 is 6.49. The van der Waals surface area contributed by atoms with Crippen molar-refractivity contribution in [2.24, 2.45) is 5.10 Å². The van der Waals surface area contributed by atoms with Gasteiger partial charge in [0.1, 0.15) is 0 Å². The monoisotopic (exact) mass is 514 g/mol. The number of rotatable bonds is 10. The van der Waals surface area contributed by atoms with E-state index in [-0.39, 0.29) is 16.3 Å². The van der Waals surface area contributed by atoms with E-state index < -0.39 is 23.9 Å². The van der Waals surface area contributed by atoms with Gasteiger partial charge in [0, 0.05) is 0 Å². The highest BCUT2D eigenvalue weighted by Gasteiger charge is 2.31. The largest absolute Gasteiger partial charge is 0.490 e. The molecule has 9 nitrogen and oxygen atoms in total. The van der Waals surface area contributed by atoms with Gasteiger partial charge in [-0.2, -0.15) is 10.1 Å². The van der Waals surface area contributed by atoms with Gasteiger partial charge in [-0.25, -0.2) is 9.59 Å².